The molecular formula is C14H19N3O2. The van der Waals surface area contributed by atoms with Crippen molar-refractivity contribution < 1.29 is 9.84 Å². The molecular weight excluding hydrogens is 242 g/mol. The minimum absolute atomic E-state index is 0.120. The van der Waals surface area contributed by atoms with E-state index in [1.807, 2.05) is 22.8 Å². The Kier molecular flexibility index (Phi) is 4.65. The van der Waals surface area contributed by atoms with Crippen molar-refractivity contribution in [3.8, 4) is 11.4 Å². The molecule has 0 bridgehead atoms. The van der Waals surface area contributed by atoms with E-state index in [0.717, 1.165) is 17.8 Å². The Labute approximate surface area is 112 Å². The second-order valence-electron chi connectivity index (χ2n) is 4.25. The van der Waals surface area contributed by atoms with Gasteiger partial charge in [0.2, 0.25) is 0 Å². The maximum Gasteiger partial charge on any atom is 0.164 e. The summed E-state index contributed by atoms with van der Waals surface area (Å²) in [5, 5.41) is 17.6. The predicted octanol–water partition coefficient (Wildman–Crippen LogP) is 1.65. The Morgan fingerprint density at radius 3 is 2.74 bits per heavy atom. The Morgan fingerprint density at radius 2 is 2.05 bits per heavy atom. The largest absolute Gasteiger partial charge is 0.388 e. The van der Waals surface area contributed by atoms with Crippen LogP contribution in [0.15, 0.2) is 24.3 Å². The number of aliphatic hydroxyl groups is 1. The first-order chi connectivity index (χ1) is 9.31. The SMILES string of the molecule is CCc1ccccc1-c1nnc(CO)n1CCOC. The quantitative estimate of drug-likeness (QED) is 0.859. The predicted molar refractivity (Wildman–Crippen MR) is 72.6 cm³/mol. The molecule has 5 heteroatoms. The van der Waals surface area contributed by atoms with Crippen molar-refractivity contribution >= 4 is 0 Å². The van der Waals surface area contributed by atoms with Crippen LogP contribution in [0.1, 0.15) is 18.3 Å². The van der Waals surface area contributed by atoms with Gasteiger partial charge in [0.25, 0.3) is 0 Å². The third-order valence-electron chi connectivity index (χ3n) is 3.13. The summed E-state index contributed by atoms with van der Waals surface area (Å²) in [5.41, 5.74) is 2.28. The van der Waals surface area contributed by atoms with Gasteiger partial charge in [-0.3, -0.25) is 0 Å². The smallest absolute Gasteiger partial charge is 0.164 e. The van der Waals surface area contributed by atoms with E-state index in [0.29, 0.717) is 19.0 Å². The fourth-order valence-electron chi connectivity index (χ4n) is 2.12. The Hall–Kier alpha value is -1.72. The average Bonchev–Trinajstić information content (AvgIpc) is 2.87. The first-order valence-corrected chi connectivity index (χ1v) is 6.42. The number of hydrogen-bond acceptors (Lipinski definition) is 4. The fourth-order valence-corrected chi connectivity index (χ4v) is 2.12. The second kappa shape index (κ2) is 6.45. The van der Waals surface area contributed by atoms with Gasteiger partial charge in [0.05, 0.1) is 6.61 Å². The van der Waals surface area contributed by atoms with Gasteiger partial charge >= 0.3 is 0 Å². The average molecular weight is 261 g/mol. The van der Waals surface area contributed by atoms with E-state index in [1.54, 1.807) is 7.11 Å². The third kappa shape index (κ3) is 2.83. The molecule has 0 saturated heterocycles. The van der Waals surface area contributed by atoms with Crippen LogP contribution in [0.5, 0.6) is 0 Å². The zero-order chi connectivity index (χ0) is 13.7. The Balaban J connectivity index is 2.46. The molecule has 0 radical (unpaired) electrons. The molecule has 0 aliphatic carbocycles. The van der Waals surface area contributed by atoms with Gasteiger partial charge in [0, 0.05) is 19.2 Å². The molecule has 2 rings (SSSR count). The maximum absolute atomic E-state index is 9.34. The summed E-state index contributed by atoms with van der Waals surface area (Å²) in [6.45, 7) is 3.19. The van der Waals surface area contributed by atoms with Crippen LogP contribution in [0.25, 0.3) is 11.4 Å². The van der Waals surface area contributed by atoms with Crippen molar-refractivity contribution in [2.24, 2.45) is 0 Å². The first-order valence-electron chi connectivity index (χ1n) is 6.42. The molecule has 0 aliphatic rings. The highest BCUT2D eigenvalue weighted by molar-refractivity contribution is 5.60. The monoisotopic (exact) mass is 261 g/mol. The van der Waals surface area contributed by atoms with Gasteiger partial charge in [-0.05, 0) is 12.0 Å². The minimum atomic E-state index is -0.120. The summed E-state index contributed by atoms with van der Waals surface area (Å²) in [5.74, 6) is 1.36. The molecule has 0 unspecified atom stereocenters. The Bertz CT molecular complexity index is 537. The van der Waals surface area contributed by atoms with E-state index in [9.17, 15) is 5.11 Å². The van der Waals surface area contributed by atoms with Crippen LogP contribution < -0.4 is 0 Å². The molecule has 2 aromatic rings. The number of aromatic nitrogens is 3. The van der Waals surface area contributed by atoms with Crippen LogP contribution in [0.4, 0.5) is 0 Å². The van der Waals surface area contributed by atoms with E-state index in [1.165, 1.54) is 5.56 Å². The van der Waals surface area contributed by atoms with E-state index < -0.39 is 0 Å². The van der Waals surface area contributed by atoms with Crippen LogP contribution >= 0.6 is 0 Å². The van der Waals surface area contributed by atoms with Gasteiger partial charge in [-0.25, -0.2) is 0 Å². The normalized spacial score (nSPS) is 10.9. The molecule has 1 heterocycles. The van der Waals surface area contributed by atoms with Gasteiger partial charge < -0.3 is 14.4 Å². The minimum Gasteiger partial charge on any atom is -0.388 e. The molecule has 19 heavy (non-hydrogen) atoms. The second-order valence-corrected chi connectivity index (χ2v) is 4.25. The van der Waals surface area contributed by atoms with Gasteiger partial charge in [-0.15, -0.1) is 10.2 Å². The van der Waals surface area contributed by atoms with Crippen molar-refractivity contribution in [1.29, 1.82) is 0 Å². The van der Waals surface area contributed by atoms with Crippen molar-refractivity contribution in [3.63, 3.8) is 0 Å². The topological polar surface area (TPSA) is 60.2 Å². The number of hydrogen-bond donors (Lipinski definition) is 1. The molecule has 5 nitrogen and oxygen atoms in total. The standard InChI is InChI=1S/C14H19N3O2/c1-3-11-6-4-5-7-12(11)14-16-15-13(10-18)17(14)8-9-19-2/h4-7,18H,3,8-10H2,1-2H3. The van der Waals surface area contributed by atoms with Crippen LogP contribution in [0.3, 0.4) is 0 Å². The number of nitrogens with zero attached hydrogens (tertiary/aromatic N) is 3. The molecule has 0 spiro atoms. The van der Waals surface area contributed by atoms with Crippen LogP contribution in [0.2, 0.25) is 0 Å². The first kappa shape index (κ1) is 13.7. The van der Waals surface area contributed by atoms with E-state index in [-0.39, 0.29) is 6.61 Å². The number of aliphatic hydroxyl groups excluding tert-OH is 1. The lowest BCUT2D eigenvalue weighted by Gasteiger charge is -2.11. The number of ether oxygens (including phenoxy) is 1. The molecule has 0 fully saturated rings. The number of methoxy groups -OCH3 is 1. The molecule has 0 amide bonds. The lowest BCUT2D eigenvalue weighted by atomic mass is 10.0. The van der Waals surface area contributed by atoms with Crippen LogP contribution in [0, 0.1) is 0 Å². The van der Waals surface area contributed by atoms with Gasteiger partial charge in [-0.1, -0.05) is 31.2 Å². The molecule has 0 aliphatic heterocycles. The lowest BCUT2D eigenvalue weighted by Crippen LogP contribution is -2.10. The number of rotatable bonds is 6. The number of aryl methyl sites for hydroxylation is 1. The summed E-state index contributed by atoms with van der Waals surface area (Å²) >= 11 is 0. The molecule has 102 valence electrons. The highest BCUT2D eigenvalue weighted by Gasteiger charge is 2.14. The van der Waals surface area contributed by atoms with Crippen molar-refractivity contribution in [3.05, 3.63) is 35.7 Å². The molecule has 0 atom stereocenters. The highest BCUT2D eigenvalue weighted by atomic mass is 16.5. The van der Waals surface area contributed by atoms with E-state index in [2.05, 4.69) is 23.2 Å². The van der Waals surface area contributed by atoms with Gasteiger partial charge in [-0.2, -0.15) is 0 Å². The molecule has 1 aromatic heterocycles. The Morgan fingerprint density at radius 1 is 1.26 bits per heavy atom. The van der Waals surface area contributed by atoms with E-state index >= 15 is 0 Å². The summed E-state index contributed by atoms with van der Waals surface area (Å²) in [6.07, 6.45) is 0.932. The lowest BCUT2D eigenvalue weighted by molar-refractivity contribution is 0.183. The summed E-state index contributed by atoms with van der Waals surface area (Å²) < 4.78 is 7.02. The third-order valence-corrected chi connectivity index (χ3v) is 3.13. The summed E-state index contributed by atoms with van der Waals surface area (Å²) in [6, 6.07) is 8.13. The zero-order valence-electron chi connectivity index (χ0n) is 11.3. The maximum atomic E-state index is 9.34. The van der Waals surface area contributed by atoms with Crippen molar-refractivity contribution in [1.82, 2.24) is 14.8 Å². The summed E-state index contributed by atoms with van der Waals surface area (Å²) in [7, 11) is 1.66. The zero-order valence-corrected chi connectivity index (χ0v) is 11.3. The number of benzene rings is 1. The fraction of sp³-hybridized carbons (Fsp3) is 0.429. The highest BCUT2D eigenvalue weighted by Crippen LogP contribution is 2.23. The van der Waals surface area contributed by atoms with Crippen LogP contribution in [-0.2, 0) is 24.3 Å². The summed E-state index contributed by atoms with van der Waals surface area (Å²) in [4.78, 5) is 0. The van der Waals surface area contributed by atoms with Gasteiger partial charge in [0.1, 0.15) is 6.61 Å². The molecule has 1 N–H and O–H groups in total. The van der Waals surface area contributed by atoms with E-state index in [4.69, 9.17) is 4.74 Å². The molecule has 0 saturated carbocycles. The van der Waals surface area contributed by atoms with Crippen molar-refractivity contribution in [2.75, 3.05) is 13.7 Å². The molecule has 1 aromatic carbocycles. The van der Waals surface area contributed by atoms with Crippen molar-refractivity contribution in [2.45, 2.75) is 26.5 Å². The van der Waals surface area contributed by atoms with Gasteiger partial charge in [0.15, 0.2) is 11.6 Å². The van der Waals surface area contributed by atoms with Crippen LogP contribution in [-0.4, -0.2) is 33.6 Å².